The average molecular weight is 439 g/mol. The zero-order valence-corrected chi connectivity index (χ0v) is 20.0. The van der Waals surface area contributed by atoms with Crippen molar-refractivity contribution in [1.82, 2.24) is 5.32 Å². The van der Waals surface area contributed by atoms with Gasteiger partial charge in [-0.15, -0.1) is 0 Å². The summed E-state index contributed by atoms with van der Waals surface area (Å²) in [6.07, 6.45) is 0. The summed E-state index contributed by atoms with van der Waals surface area (Å²) in [6.45, 7) is 13.3. The number of carbonyl (C=O) groups excluding carboxylic acids is 3. The number of para-hydroxylation sites is 1. The maximum Gasteiger partial charge on any atom is 0.329 e. The second-order valence-corrected chi connectivity index (χ2v) is 9.45. The zero-order chi connectivity index (χ0) is 24.1. The fourth-order valence-electron chi connectivity index (χ4n) is 3.26. The Kier molecular flexibility index (Phi) is 8.19. The molecule has 0 saturated carbocycles. The zero-order valence-electron chi connectivity index (χ0n) is 20.0. The van der Waals surface area contributed by atoms with Crippen LogP contribution in [-0.2, 0) is 19.7 Å². The number of esters is 1. The number of benzene rings is 2. The molecule has 2 rings (SSSR count). The first-order valence-electron chi connectivity index (χ1n) is 10.8. The van der Waals surface area contributed by atoms with Crippen molar-refractivity contribution in [2.75, 3.05) is 11.9 Å². The third-order valence-corrected chi connectivity index (χ3v) is 5.31. The maximum atomic E-state index is 12.7. The first kappa shape index (κ1) is 25.1. The Morgan fingerprint density at radius 3 is 2.00 bits per heavy atom. The van der Waals surface area contributed by atoms with Gasteiger partial charge in [0.1, 0.15) is 6.04 Å². The highest BCUT2D eigenvalue weighted by molar-refractivity contribution is 5.98. The highest BCUT2D eigenvalue weighted by atomic mass is 16.5. The lowest BCUT2D eigenvalue weighted by molar-refractivity contribution is -0.150. The summed E-state index contributed by atoms with van der Waals surface area (Å²) in [5.41, 5.74) is 4.12. The largest absolute Gasteiger partial charge is 0.454 e. The number of amides is 2. The van der Waals surface area contributed by atoms with Crippen molar-refractivity contribution < 1.29 is 19.1 Å². The van der Waals surface area contributed by atoms with E-state index in [-0.39, 0.29) is 17.2 Å². The van der Waals surface area contributed by atoms with Gasteiger partial charge in [-0.1, -0.05) is 65.0 Å². The van der Waals surface area contributed by atoms with E-state index in [9.17, 15) is 14.4 Å². The van der Waals surface area contributed by atoms with E-state index in [1.165, 1.54) is 0 Å². The molecule has 0 fully saturated rings. The molecule has 32 heavy (non-hydrogen) atoms. The number of hydrogen-bond donors (Lipinski definition) is 2. The van der Waals surface area contributed by atoms with Crippen LogP contribution in [0.3, 0.4) is 0 Å². The van der Waals surface area contributed by atoms with Gasteiger partial charge in [0.2, 0.25) is 0 Å². The third kappa shape index (κ3) is 6.67. The molecule has 2 N–H and O–H groups in total. The van der Waals surface area contributed by atoms with Gasteiger partial charge in [0.25, 0.3) is 11.8 Å². The molecule has 0 radical (unpaired) electrons. The van der Waals surface area contributed by atoms with E-state index in [0.717, 1.165) is 16.7 Å². The second-order valence-electron chi connectivity index (χ2n) is 9.45. The molecule has 0 unspecified atom stereocenters. The molecule has 0 bridgehead atoms. The molecule has 0 aliphatic rings. The SMILES string of the molecule is Cc1cccc(C)c1NC(=O)COC(=O)[C@@H](NC(=O)c1ccc(C(C)(C)C)cc1)C(C)C. The van der Waals surface area contributed by atoms with Crippen molar-refractivity contribution in [3.05, 3.63) is 64.7 Å². The molecule has 0 aromatic heterocycles. The van der Waals surface area contributed by atoms with Gasteiger partial charge in [-0.3, -0.25) is 9.59 Å². The summed E-state index contributed by atoms with van der Waals surface area (Å²) in [5, 5.41) is 5.52. The summed E-state index contributed by atoms with van der Waals surface area (Å²) >= 11 is 0. The summed E-state index contributed by atoms with van der Waals surface area (Å²) in [5.74, 6) is -1.64. The Morgan fingerprint density at radius 1 is 0.938 bits per heavy atom. The summed E-state index contributed by atoms with van der Waals surface area (Å²) in [4.78, 5) is 37.6. The van der Waals surface area contributed by atoms with Gasteiger partial charge >= 0.3 is 5.97 Å². The van der Waals surface area contributed by atoms with Crippen molar-refractivity contribution in [3.8, 4) is 0 Å². The van der Waals surface area contributed by atoms with E-state index in [2.05, 4.69) is 31.4 Å². The van der Waals surface area contributed by atoms with E-state index in [1.54, 1.807) is 12.1 Å². The van der Waals surface area contributed by atoms with Crippen LogP contribution >= 0.6 is 0 Å². The fraction of sp³-hybridized carbons (Fsp3) is 0.423. The monoisotopic (exact) mass is 438 g/mol. The molecule has 0 spiro atoms. The Balaban J connectivity index is 1.98. The van der Waals surface area contributed by atoms with Gasteiger partial charge in [-0.25, -0.2) is 4.79 Å². The highest BCUT2D eigenvalue weighted by Crippen LogP contribution is 2.22. The van der Waals surface area contributed by atoms with E-state index >= 15 is 0 Å². The van der Waals surface area contributed by atoms with Crippen LogP contribution in [0.2, 0.25) is 0 Å². The van der Waals surface area contributed by atoms with E-state index < -0.39 is 24.5 Å². The Morgan fingerprint density at radius 2 is 1.50 bits per heavy atom. The summed E-state index contributed by atoms with van der Waals surface area (Å²) < 4.78 is 5.21. The molecule has 0 saturated heterocycles. The Bertz CT molecular complexity index is 952. The van der Waals surface area contributed by atoms with Crippen molar-refractivity contribution >= 4 is 23.5 Å². The van der Waals surface area contributed by atoms with Crippen LogP contribution in [0.4, 0.5) is 5.69 Å². The average Bonchev–Trinajstić information content (AvgIpc) is 2.72. The number of anilines is 1. The van der Waals surface area contributed by atoms with Crippen LogP contribution in [0, 0.1) is 19.8 Å². The van der Waals surface area contributed by atoms with Gasteiger partial charge in [0, 0.05) is 11.3 Å². The highest BCUT2D eigenvalue weighted by Gasteiger charge is 2.27. The molecular weight excluding hydrogens is 404 g/mol. The first-order chi connectivity index (χ1) is 14.9. The van der Waals surface area contributed by atoms with E-state index in [0.29, 0.717) is 11.3 Å². The minimum absolute atomic E-state index is 0.0172. The molecular formula is C26H34N2O4. The van der Waals surface area contributed by atoms with Gasteiger partial charge in [-0.05, 0) is 54.0 Å². The van der Waals surface area contributed by atoms with E-state index in [4.69, 9.17) is 4.74 Å². The molecule has 0 aliphatic carbocycles. The number of rotatable bonds is 7. The Labute approximate surface area is 190 Å². The minimum Gasteiger partial charge on any atom is -0.454 e. The number of aryl methyl sites for hydroxylation is 2. The lowest BCUT2D eigenvalue weighted by Gasteiger charge is -2.22. The first-order valence-corrected chi connectivity index (χ1v) is 10.8. The van der Waals surface area contributed by atoms with Gasteiger partial charge in [0.05, 0.1) is 0 Å². The lowest BCUT2D eigenvalue weighted by Crippen LogP contribution is -2.46. The molecule has 6 nitrogen and oxygen atoms in total. The number of ether oxygens (including phenoxy) is 1. The molecule has 2 amide bonds. The van der Waals surface area contributed by atoms with Gasteiger partial charge in [0.15, 0.2) is 6.61 Å². The molecule has 1 atom stereocenters. The van der Waals surface area contributed by atoms with Crippen LogP contribution in [0.25, 0.3) is 0 Å². The predicted octanol–water partition coefficient (Wildman–Crippen LogP) is 4.54. The van der Waals surface area contributed by atoms with Crippen molar-refractivity contribution in [2.24, 2.45) is 5.92 Å². The molecule has 0 aliphatic heterocycles. The number of hydrogen-bond acceptors (Lipinski definition) is 4. The van der Waals surface area contributed by atoms with Crippen LogP contribution < -0.4 is 10.6 Å². The van der Waals surface area contributed by atoms with Crippen LogP contribution in [0.5, 0.6) is 0 Å². The summed E-state index contributed by atoms with van der Waals surface area (Å²) in [7, 11) is 0. The molecule has 172 valence electrons. The third-order valence-electron chi connectivity index (χ3n) is 5.31. The number of carbonyl (C=O) groups is 3. The minimum atomic E-state index is -0.863. The van der Waals surface area contributed by atoms with Crippen molar-refractivity contribution in [3.63, 3.8) is 0 Å². The van der Waals surface area contributed by atoms with Crippen LogP contribution in [-0.4, -0.2) is 30.4 Å². The number of nitrogens with one attached hydrogen (secondary N) is 2. The fourth-order valence-corrected chi connectivity index (χ4v) is 3.26. The molecule has 2 aromatic rings. The smallest absolute Gasteiger partial charge is 0.329 e. The standard InChI is InChI=1S/C26H34N2O4/c1-16(2)22(28-24(30)19-11-13-20(14-12-19)26(5,6)7)25(31)32-15-21(29)27-23-17(3)9-8-10-18(23)4/h8-14,16,22H,15H2,1-7H3,(H,27,29)(H,28,30)/t22-/m0/s1. The topological polar surface area (TPSA) is 84.5 Å². The van der Waals surface area contributed by atoms with Crippen LogP contribution in [0.15, 0.2) is 42.5 Å². The van der Waals surface area contributed by atoms with Crippen molar-refractivity contribution in [2.45, 2.75) is 59.9 Å². The molecule has 2 aromatic carbocycles. The quantitative estimate of drug-likeness (QED) is 0.622. The van der Waals surface area contributed by atoms with E-state index in [1.807, 2.05) is 58.0 Å². The van der Waals surface area contributed by atoms with Gasteiger partial charge in [-0.2, -0.15) is 0 Å². The van der Waals surface area contributed by atoms with Crippen LogP contribution in [0.1, 0.15) is 61.7 Å². The van der Waals surface area contributed by atoms with Crippen molar-refractivity contribution in [1.29, 1.82) is 0 Å². The lowest BCUT2D eigenvalue weighted by atomic mass is 9.86. The molecule has 0 heterocycles. The predicted molar refractivity (Wildman–Crippen MR) is 127 cm³/mol. The normalized spacial score (nSPS) is 12.2. The van der Waals surface area contributed by atoms with Gasteiger partial charge < -0.3 is 15.4 Å². The second kappa shape index (κ2) is 10.4. The maximum absolute atomic E-state index is 12.7. The Hall–Kier alpha value is -3.15. The summed E-state index contributed by atoms with van der Waals surface area (Å²) in [6, 6.07) is 12.2. The molecule has 6 heteroatoms.